The Hall–Kier alpha value is -3.12. The van der Waals surface area contributed by atoms with Crippen molar-refractivity contribution >= 4 is 12.1 Å². The Bertz CT molecular complexity index is 936. The molecule has 0 saturated carbocycles. The van der Waals surface area contributed by atoms with Crippen molar-refractivity contribution in [1.82, 2.24) is 4.90 Å². The summed E-state index contributed by atoms with van der Waals surface area (Å²) in [5.41, 5.74) is 1.33. The lowest BCUT2D eigenvalue weighted by Crippen LogP contribution is -2.41. The quantitative estimate of drug-likeness (QED) is 0.404. The van der Waals surface area contributed by atoms with Crippen molar-refractivity contribution in [2.24, 2.45) is 0 Å². The van der Waals surface area contributed by atoms with Crippen molar-refractivity contribution in [3.63, 3.8) is 0 Å². The van der Waals surface area contributed by atoms with Crippen LogP contribution in [-0.2, 0) is 19.0 Å². The molecule has 2 aromatic carbocycles. The van der Waals surface area contributed by atoms with E-state index in [1.807, 2.05) is 93.6 Å². The average Bonchev–Trinajstić information content (AvgIpc) is 3.21. The minimum absolute atomic E-state index is 0.204. The van der Waals surface area contributed by atoms with Gasteiger partial charge in [-0.15, -0.1) is 0 Å². The maximum absolute atomic E-state index is 13.1. The fourth-order valence-electron chi connectivity index (χ4n) is 3.78. The Kier molecular flexibility index (Phi) is 8.28. The average molecular weight is 452 g/mol. The molecule has 0 unspecified atom stereocenters. The van der Waals surface area contributed by atoms with Gasteiger partial charge in [-0.05, 0) is 44.9 Å². The minimum Gasteiger partial charge on any atom is -0.466 e. The molecule has 0 aromatic heterocycles. The number of ether oxygens (including phenoxy) is 3. The predicted molar refractivity (Wildman–Crippen MR) is 127 cm³/mol. The number of rotatable bonds is 7. The van der Waals surface area contributed by atoms with E-state index in [4.69, 9.17) is 14.2 Å². The van der Waals surface area contributed by atoms with E-state index >= 15 is 0 Å². The fourth-order valence-corrected chi connectivity index (χ4v) is 3.78. The van der Waals surface area contributed by atoms with Crippen LogP contribution in [0.3, 0.4) is 0 Å². The molecule has 1 aliphatic heterocycles. The Morgan fingerprint density at radius 3 is 2.33 bits per heavy atom. The molecule has 176 valence electrons. The molecule has 1 aliphatic rings. The first-order chi connectivity index (χ1) is 15.8. The summed E-state index contributed by atoms with van der Waals surface area (Å²) in [4.78, 5) is 27.0. The summed E-state index contributed by atoms with van der Waals surface area (Å²) < 4.78 is 16.9. The van der Waals surface area contributed by atoms with Gasteiger partial charge in [0, 0.05) is 5.92 Å². The molecular formula is C27H33NO5. The molecule has 3 atom stereocenters. The van der Waals surface area contributed by atoms with Crippen molar-refractivity contribution in [3.8, 4) is 0 Å². The van der Waals surface area contributed by atoms with Gasteiger partial charge >= 0.3 is 12.1 Å². The molecule has 1 amide bonds. The smallest absolute Gasteiger partial charge is 0.413 e. The molecule has 0 bridgehead atoms. The van der Waals surface area contributed by atoms with Gasteiger partial charge in [0.1, 0.15) is 5.60 Å². The van der Waals surface area contributed by atoms with Crippen molar-refractivity contribution in [3.05, 3.63) is 83.9 Å². The van der Waals surface area contributed by atoms with Crippen LogP contribution in [0.2, 0.25) is 0 Å². The summed E-state index contributed by atoms with van der Waals surface area (Å²) in [6.45, 7) is 8.01. The summed E-state index contributed by atoms with van der Waals surface area (Å²) >= 11 is 0. The van der Waals surface area contributed by atoms with Gasteiger partial charge in [-0.2, -0.15) is 0 Å². The molecule has 3 rings (SSSR count). The van der Waals surface area contributed by atoms with Crippen LogP contribution in [0.15, 0.2) is 72.8 Å². The van der Waals surface area contributed by atoms with Gasteiger partial charge in [-0.25, -0.2) is 4.79 Å². The summed E-state index contributed by atoms with van der Waals surface area (Å²) in [7, 11) is 0. The van der Waals surface area contributed by atoms with E-state index in [9.17, 15) is 9.59 Å². The Balaban J connectivity index is 1.87. The van der Waals surface area contributed by atoms with Crippen molar-refractivity contribution in [2.45, 2.75) is 57.9 Å². The molecule has 0 radical (unpaired) electrons. The fraction of sp³-hybridized carbons (Fsp3) is 0.407. The third kappa shape index (κ3) is 6.93. The molecule has 0 N–H and O–H groups in total. The summed E-state index contributed by atoms with van der Waals surface area (Å²) in [6, 6.07) is 19.3. The SMILES string of the molecule is CCOC(=O)C[C@H](/C=C/[C@H]1OC[C@@H](c2ccccc2)N1C(=O)OC(C)(C)C)c1ccccc1. The monoisotopic (exact) mass is 451 g/mol. The second kappa shape index (κ2) is 11.1. The lowest BCUT2D eigenvalue weighted by molar-refractivity contribution is -0.143. The zero-order chi connectivity index (χ0) is 23.8. The highest BCUT2D eigenvalue weighted by Gasteiger charge is 2.40. The van der Waals surface area contributed by atoms with Crippen LogP contribution in [0.25, 0.3) is 0 Å². The predicted octanol–water partition coefficient (Wildman–Crippen LogP) is 5.61. The number of nitrogens with zero attached hydrogens (tertiary/aromatic N) is 1. The van der Waals surface area contributed by atoms with E-state index in [1.54, 1.807) is 11.8 Å². The zero-order valence-corrected chi connectivity index (χ0v) is 19.8. The number of benzene rings is 2. The zero-order valence-electron chi connectivity index (χ0n) is 19.8. The van der Waals surface area contributed by atoms with Crippen LogP contribution >= 0.6 is 0 Å². The van der Waals surface area contributed by atoms with E-state index in [2.05, 4.69) is 0 Å². The highest BCUT2D eigenvalue weighted by molar-refractivity contribution is 5.71. The van der Waals surface area contributed by atoms with Crippen LogP contribution in [0.5, 0.6) is 0 Å². The molecule has 1 saturated heterocycles. The second-order valence-corrected chi connectivity index (χ2v) is 8.95. The molecule has 1 fully saturated rings. The highest BCUT2D eigenvalue weighted by Crippen LogP contribution is 2.33. The Labute approximate surface area is 196 Å². The van der Waals surface area contributed by atoms with Crippen LogP contribution < -0.4 is 0 Å². The third-order valence-electron chi connectivity index (χ3n) is 5.25. The topological polar surface area (TPSA) is 65.1 Å². The van der Waals surface area contributed by atoms with Gasteiger partial charge in [-0.1, -0.05) is 66.7 Å². The van der Waals surface area contributed by atoms with Gasteiger partial charge in [0.15, 0.2) is 6.23 Å². The number of allylic oxidation sites excluding steroid dienone is 1. The molecule has 0 spiro atoms. The summed E-state index contributed by atoms with van der Waals surface area (Å²) in [6.07, 6.45) is 2.91. The first-order valence-electron chi connectivity index (χ1n) is 11.3. The van der Waals surface area contributed by atoms with Crippen molar-refractivity contribution < 1.29 is 23.8 Å². The molecule has 6 heteroatoms. The summed E-state index contributed by atoms with van der Waals surface area (Å²) in [5.74, 6) is -0.473. The lowest BCUT2D eigenvalue weighted by Gasteiger charge is -2.30. The normalized spacial score (nSPS) is 19.5. The minimum atomic E-state index is -0.633. The lowest BCUT2D eigenvalue weighted by atomic mass is 9.95. The first kappa shape index (κ1) is 24.5. The number of carbonyl (C=O) groups is 2. The van der Waals surface area contributed by atoms with E-state index in [0.717, 1.165) is 11.1 Å². The maximum atomic E-state index is 13.1. The van der Waals surface area contributed by atoms with Gasteiger partial charge in [0.25, 0.3) is 0 Å². The number of hydrogen-bond acceptors (Lipinski definition) is 5. The van der Waals surface area contributed by atoms with Crippen LogP contribution in [0.1, 0.15) is 57.2 Å². The third-order valence-corrected chi connectivity index (χ3v) is 5.25. The molecule has 33 heavy (non-hydrogen) atoms. The summed E-state index contributed by atoms with van der Waals surface area (Å²) in [5, 5.41) is 0. The standard InChI is InChI=1S/C27H33NO5/c1-5-31-25(29)18-22(20-12-8-6-9-13-20)16-17-24-28(26(30)33-27(2,3)4)23(19-32-24)21-14-10-7-11-15-21/h6-17,22-24H,5,18-19H2,1-4H3/b17-16+/t22-,23-,24+/m0/s1. The van der Waals surface area contributed by atoms with Crippen LogP contribution in [0, 0.1) is 0 Å². The van der Waals surface area contributed by atoms with E-state index < -0.39 is 17.9 Å². The number of carbonyl (C=O) groups excluding carboxylic acids is 2. The highest BCUT2D eigenvalue weighted by atomic mass is 16.6. The van der Waals surface area contributed by atoms with Crippen molar-refractivity contribution in [1.29, 1.82) is 0 Å². The van der Waals surface area contributed by atoms with E-state index in [0.29, 0.717) is 13.2 Å². The Morgan fingerprint density at radius 1 is 1.09 bits per heavy atom. The first-order valence-corrected chi connectivity index (χ1v) is 11.3. The number of hydrogen-bond donors (Lipinski definition) is 0. The molecular weight excluding hydrogens is 418 g/mol. The van der Waals surface area contributed by atoms with E-state index in [1.165, 1.54) is 0 Å². The largest absolute Gasteiger partial charge is 0.466 e. The van der Waals surface area contributed by atoms with Gasteiger partial charge in [0.05, 0.1) is 25.7 Å². The molecule has 6 nitrogen and oxygen atoms in total. The number of esters is 1. The van der Waals surface area contributed by atoms with Gasteiger partial charge in [-0.3, -0.25) is 9.69 Å². The van der Waals surface area contributed by atoms with Crippen molar-refractivity contribution in [2.75, 3.05) is 13.2 Å². The van der Waals surface area contributed by atoms with Crippen LogP contribution in [-0.4, -0.2) is 42.0 Å². The van der Waals surface area contributed by atoms with E-state index in [-0.39, 0.29) is 24.3 Å². The second-order valence-electron chi connectivity index (χ2n) is 8.95. The van der Waals surface area contributed by atoms with Crippen LogP contribution in [0.4, 0.5) is 4.79 Å². The van der Waals surface area contributed by atoms with Gasteiger partial charge in [0.2, 0.25) is 0 Å². The number of amides is 1. The molecule has 2 aromatic rings. The maximum Gasteiger partial charge on any atom is 0.413 e. The Morgan fingerprint density at radius 2 is 1.73 bits per heavy atom. The van der Waals surface area contributed by atoms with Gasteiger partial charge < -0.3 is 14.2 Å². The molecule has 1 heterocycles. The molecule has 0 aliphatic carbocycles.